The van der Waals surface area contributed by atoms with Crippen LogP contribution in [0.1, 0.15) is 64.0 Å². The van der Waals surface area contributed by atoms with Gasteiger partial charge >= 0.3 is 11.9 Å². The normalized spacial score (nSPS) is 32.2. The second-order valence-corrected chi connectivity index (χ2v) is 7.89. The van der Waals surface area contributed by atoms with Crippen molar-refractivity contribution in [3.63, 3.8) is 0 Å². The summed E-state index contributed by atoms with van der Waals surface area (Å²) in [7, 11) is 1.40. The van der Waals surface area contributed by atoms with Crippen molar-refractivity contribution in [3.05, 3.63) is 35.3 Å². The Morgan fingerprint density at radius 2 is 2.26 bits per heavy atom. The first-order valence-electron chi connectivity index (χ1n) is 9.58. The summed E-state index contributed by atoms with van der Waals surface area (Å²) >= 11 is 0. The van der Waals surface area contributed by atoms with Gasteiger partial charge in [-0.2, -0.15) is 0 Å². The molecular formula is C21H28O6. The largest absolute Gasteiger partial charge is 0.472 e. The van der Waals surface area contributed by atoms with Crippen LogP contribution >= 0.6 is 0 Å². The van der Waals surface area contributed by atoms with E-state index in [9.17, 15) is 14.7 Å². The van der Waals surface area contributed by atoms with Crippen LogP contribution in [0, 0.1) is 11.3 Å². The van der Waals surface area contributed by atoms with Crippen molar-refractivity contribution in [3.8, 4) is 0 Å². The number of esters is 2. The zero-order chi connectivity index (χ0) is 19.6. The second-order valence-electron chi connectivity index (χ2n) is 7.89. The minimum absolute atomic E-state index is 0.251. The van der Waals surface area contributed by atoms with Crippen molar-refractivity contribution in [2.24, 2.45) is 11.3 Å². The Bertz CT molecular complexity index is 717. The van der Waals surface area contributed by atoms with E-state index in [2.05, 4.69) is 0 Å². The Balaban J connectivity index is 1.98. The molecule has 1 aromatic heterocycles. The maximum absolute atomic E-state index is 12.7. The van der Waals surface area contributed by atoms with Gasteiger partial charge < -0.3 is 19.0 Å². The van der Waals surface area contributed by atoms with E-state index in [1.54, 1.807) is 25.5 Å². The smallest absolute Gasteiger partial charge is 0.334 e. The van der Waals surface area contributed by atoms with E-state index < -0.39 is 11.5 Å². The van der Waals surface area contributed by atoms with Crippen molar-refractivity contribution in [2.75, 3.05) is 7.11 Å². The van der Waals surface area contributed by atoms with E-state index in [1.807, 2.05) is 6.92 Å². The molecule has 1 aliphatic heterocycles. The Morgan fingerprint density at radius 1 is 1.48 bits per heavy atom. The maximum Gasteiger partial charge on any atom is 0.334 e. The molecule has 2 aliphatic rings. The molecule has 2 fully saturated rings. The number of furan rings is 1. The molecule has 0 unspecified atom stereocenters. The number of allylic oxidation sites excluding steroid dienone is 1. The van der Waals surface area contributed by atoms with Crippen LogP contribution < -0.4 is 0 Å². The lowest BCUT2D eigenvalue weighted by Crippen LogP contribution is -2.40. The van der Waals surface area contributed by atoms with Gasteiger partial charge in [0.1, 0.15) is 6.10 Å². The highest BCUT2D eigenvalue weighted by molar-refractivity contribution is 5.92. The van der Waals surface area contributed by atoms with Gasteiger partial charge in [-0.05, 0) is 45.1 Å². The molecule has 27 heavy (non-hydrogen) atoms. The standard InChI is InChI=1S/C21H28O6/c1-13(22)7-9-21(2)16(5-4-6-17(21)20(24)25-3)15-11-18(27-19(15)23)14-8-10-26-12-14/h8,10,12-13,17-18,22H,4-7,9,11H2,1-3H3/b16-15-/t13-,17+,18+,21+/m1/s1. The van der Waals surface area contributed by atoms with E-state index in [0.717, 1.165) is 30.4 Å². The lowest BCUT2D eigenvalue weighted by atomic mass is 9.60. The van der Waals surface area contributed by atoms with Crippen LogP contribution in [0.15, 0.2) is 34.2 Å². The van der Waals surface area contributed by atoms with Crippen molar-refractivity contribution in [1.29, 1.82) is 0 Å². The number of ether oxygens (including phenoxy) is 2. The van der Waals surface area contributed by atoms with Crippen LogP contribution in [0.4, 0.5) is 0 Å². The van der Waals surface area contributed by atoms with E-state index in [0.29, 0.717) is 24.8 Å². The molecule has 1 aliphatic carbocycles. The van der Waals surface area contributed by atoms with Crippen LogP contribution in [0.5, 0.6) is 0 Å². The summed E-state index contributed by atoms with van der Waals surface area (Å²) in [4.78, 5) is 25.2. The lowest BCUT2D eigenvalue weighted by Gasteiger charge is -2.43. The van der Waals surface area contributed by atoms with Crippen molar-refractivity contribution < 1.29 is 28.6 Å². The van der Waals surface area contributed by atoms with Gasteiger partial charge in [-0.25, -0.2) is 4.79 Å². The van der Waals surface area contributed by atoms with Gasteiger partial charge in [-0.3, -0.25) is 4.79 Å². The molecule has 6 heteroatoms. The molecule has 1 aromatic rings. The lowest BCUT2D eigenvalue weighted by molar-refractivity contribution is -0.151. The van der Waals surface area contributed by atoms with Crippen molar-refractivity contribution in [1.82, 2.24) is 0 Å². The molecular weight excluding hydrogens is 348 g/mol. The van der Waals surface area contributed by atoms with Gasteiger partial charge in [0.15, 0.2) is 0 Å². The molecule has 1 saturated carbocycles. The predicted molar refractivity (Wildman–Crippen MR) is 97.6 cm³/mol. The molecule has 0 radical (unpaired) electrons. The fraction of sp³-hybridized carbons (Fsp3) is 0.619. The minimum atomic E-state index is -0.526. The van der Waals surface area contributed by atoms with Crippen LogP contribution in [0.2, 0.25) is 0 Å². The first-order valence-corrected chi connectivity index (χ1v) is 9.58. The SMILES string of the molecule is COC(=O)[C@@H]1CCC/C(=C2\C[C@@H](c3ccoc3)OC2=O)[C@]1(C)CC[C@@H](C)O. The van der Waals surface area contributed by atoms with Gasteiger partial charge in [0.25, 0.3) is 0 Å². The number of methoxy groups -OCH3 is 1. The molecule has 1 N–H and O–H groups in total. The molecule has 2 heterocycles. The number of aliphatic hydroxyl groups excluding tert-OH is 1. The number of hydrogen-bond donors (Lipinski definition) is 1. The van der Waals surface area contributed by atoms with Crippen molar-refractivity contribution in [2.45, 2.75) is 64.6 Å². The first kappa shape index (κ1) is 19.7. The summed E-state index contributed by atoms with van der Waals surface area (Å²) in [5.41, 5.74) is 1.97. The Morgan fingerprint density at radius 3 is 2.89 bits per heavy atom. The quantitative estimate of drug-likeness (QED) is 0.623. The first-order chi connectivity index (χ1) is 12.9. The molecule has 148 valence electrons. The zero-order valence-electron chi connectivity index (χ0n) is 16.2. The highest BCUT2D eigenvalue weighted by Gasteiger charge is 2.48. The fourth-order valence-corrected chi connectivity index (χ4v) is 4.55. The Hall–Kier alpha value is -2.08. The summed E-state index contributed by atoms with van der Waals surface area (Å²) in [6.45, 7) is 3.77. The topological polar surface area (TPSA) is 86.0 Å². The molecule has 0 amide bonds. The molecule has 1 saturated heterocycles. The van der Waals surface area contributed by atoms with Crippen LogP contribution in [-0.2, 0) is 19.1 Å². The summed E-state index contributed by atoms with van der Waals surface area (Å²) in [6, 6.07) is 1.80. The van der Waals surface area contributed by atoms with E-state index in [4.69, 9.17) is 13.9 Å². The number of hydrogen-bond acceptors (Lipinski definition) is 6. The number of carbonyl (C=O) groups excluding carboxylic acids is 2. The van der Waals surface area contributed by atoms with Gasteiger partial charge in [0.05, 0.1) is 31.7 Å². The van der Waals surface area contributed by atoms with E-state index in [1.165, 1.54) is 7.11 Å². The van der Waals surface area contributed by atoms with E-state index in [-0.39, 0.29) is 24.0 Å². The molecule has 3 rings (SSSR count). The van der Waals surface area contributed by atoms with Gasteiger partial charge in [0.2, 0.25) is 0 Å². The monoisotopic (exact) mass is 376 g/mol. The van der Waals surface area contributed by atoms with Gasteiger partial charge in [-0.15, -0.1) is 0 Å². The summed E-state index contributed by atoms with van der Waals surface area (Å²) < 4.78 is 15.8. The van der Waals surface area contributed by atoms with Crippen LogP contribution in [-0.4, -0.2) is 30.3 Å². The summed E-state index contributed by atoms with van der Waals surface area (Å²) in [6.07, 6.45) is 6.30. The minimum Gasteiger partial charge on any atom is -0.472 e. The molecule has 6 nitrogen and oxygen atoms in total. The number of aliphatic hydroxyl groups is 1. The molecule has 0 bridgehead atoms. The Labute approximate surface area is 159 Å². The average molecular weight is 376 g/mol. The fourth-order valence-electron chi connectivity index (χ4n) is 4.55. The Kier molecular flexibility index (Phi) is 5.75. The molecule has 0 spiro atoms. The van der Waals surface area contributed by atoms with Gasteiger partial charge in [0, 0.05) is 23.0 Å². The van der Waals surface area contributed by atoms with Gasteiger partial charge in [-0.1, -0.05) is 12.5 Å². The number of cyclic esters (lactones) is 1. The maximum atomic E-state index is 12.7. The van der Waals surface area contributed by atoms with Crippen molar-refractivity contribution >= 4 is 11.9 Å². The number of carbonyl (C=O) groups is 2. The second kappa shape index (κ2) is 7.89. The summed E-state index contributed by atoms with van der Waals surface area (Å²) in [5, 5.41) is 9.82. The van der Waals surface area contributed by atoms with Crippen LogP contribution in [0.3, 0.4) is 0 Å². The number of rotatable bonds is 5. The van der Waals surface area contributed by atoms with E-state index >= 15 is 0 Å². The van der Waals surface area contributed by atoms with Crippen LogP contribution in [0.25, 0.3) is 0 Å². The summed E-state index contributed by atoms with van der Waals surface area (Å²) in [5.74, 6) is -0.887. The highest BCUT2D eigenvalue weighted by atomic mass is 16.6. The third-order valence-electron chi connectivity index (χ3n) is 6.11. The third kappa shape index (κ3) is 3.81. The highest BCUT2D eigenvalue weighted by Crippen LogP contribution is 2.52. The third-order valence-corrected chi connectivity index (χ3v) is 6.11. The predicted octanol–water partition coefficient (Wildman–Crippen LogP) is 3.70. The zero-order valence-corrected chi connectivity index (χ0v) is 16.2. The molecule has 0 aromatic carbocycles. The molecule has 4 atom stereocenters. The average Bonchev–Trinajstić information content (AvgIpc) is 3.29.